The van der Waals surface area contributed by atoms with Crippen molar-refractivity contribution in [3.63, 3.8) is 0 Å². The number of phenolic OH excluding ortho intramolecular Hbond substituents is 1. The van der Waals surface area contributed by atoms with Crippen molar-refractivity contribution in [1.29, 1.82) is 0 Å². The second kappa shape index (κ2) is 4.14. The molecule has 0 aromatic heterocycles. The van der Waals surface area contributed by atoms with Gasteiger partial charge in [-0.3, -0.25) is 0 Å². The number of ether oxygens (including phenoxy) is 1. The molecular weight excluding hydrogens is 272 g/mol. The average molecular weight is 281 g/mol. The number of hydrogen-bond acceptors (Lipinski definition) is 3. The number of methoxy groups -OCH3 is 1. The molecular formula is C12H9BrO3. The molecule has 0 fully saturated rings. The first-order chi connectivity index (χ1) is 7.65. The fourth-order valence-electron chi connectivity index (χ4n) is 1.59. The first-order valence-corrected chi connectivity index (χ1v) is 5.43. The first kappa shape index (κ1) is 11.0. The molecule has 2 aromatic carbocycles. The zero-order chi connectivity index (χ0) is 11.7. The van der Waals surface area contributed by atoms with Crippen LogP contribution in [0.2, 0.25) is 0 Å². The minimum absolute atomic E-state index is 0.0585. The Bertz CT molecular complexity index is 563. The predicted octanol–water partition coefficient (Wildman–Crippen LogP) is 3.09. The zero-order valence-electron chi connectivity index (χ0n) is 8.53. The lowest BCUT2D eigenvalue weighted by molar-refractivity contribution is 0.0596. The lowest BCUT2D eigenvalue weighted by Crippen LogP contribution is -2.03. The van der Waals surface area contributed by atoms with Crippen LogP contribution in [0.5, 0.6) is 5.75 Å². The topological polar surface area (TPSA) is 46.5 Å². The van der Waals surface area contributed by atoms with E-state index in [1.807, 2.05) is 12.1 Å². The second-order valence-corrected chi connectivity index (χ2v) is 4.15. The Morgan fingerprint density at radius 3 is 2.75 bits per heavy atom. The number of phenols is 1. The fraction of sp³-hybridized carbons (Fsp3) is 0.0833. The highest BCUT2D eigenvalue weighted by atomic mass is 79.9. The number of benzene rings is 2. The largest absolute Gasteiger partial charge is 0.506 e. The third-order valence-electron chi connectivity index (χ3n) is 2.36. The fourth-order valence-corrected chi connectivity index (χ4v) is 2.19. The van der Waals surface area contributed by atoms with Gasteiger partial charge in [0.2, 0.25) is 0 Å². The lowest BCUT2D eigenvalue weighted by Gasteiger charge is -2.08. The van der Waals surface area contributed by atoms with Gasteiger partial charge in [0.1, 0.15) is 11.3 Å². The van der Waals surface area contributed by atoms with Crippen LogP contribution in [0.25, 0.3) is 10.8 Å². The van der Waals surface area contributed by atoms with Gasteiger partial charge >= 0.3 is 5.97 Å². The van der Waals surface area contributed by atoms with E-state index in [2.05, 4.69) is 20.7 Å². The van der Waals surface area contributed by atoms with Gasteiger partial charge in [-0.25, -0.2) is 4.79 Å². The number of carbonyl (C=O) groups is 1. The number of esters is 1. The molecule has 0 unspecified atom stereocenters. The van der Waals surface area contributed by atoms with Crippen molar-refractivity contribution >= 4 is 32.7 Å². The van der Waals surface area contributed by atoms with Crippen molar-refractivity contribution < 1.29 is 14.6 Å². The van der Waals surface area contributed by atoms with E-state index in [-0.39, 0.29) is 11.3 Å². The van der Waals surface area contributed by atoms with Crippen molar-refractivity contribution in [2.24, 2.45) is 0 Å². The summed E-state index contributed by atoms with van der Waals surface area (Å²) in [5.41, 5.74) is 0.154. The molecule has 0 amide bonds. The van der Waals surface area contributed by atoms with Crippen LogP contribution in [-0.2, 0) is 4.74 Å². The summed E-state index contributed by atoms with van der Waals surface area (Å²) in [7, 11) is 1.28. The predicted molar refractivity (Wildman–Crippen MR) is 64.7 cm³/mol. The average Bonchev–Trinajstić information content (AvgIpc) is 2.28. The van der Waals surface area contributed by atoms with Crippen LogP contribution in [0.15, 0.2) is 34.8 Å². The first-order valence-electron chi connectivity index (χ1n) is 4.63. The molecule has 0 radical (unpaired) electrons. The van der Waals surface area contributed by atoms with Gasteiger partial charge in [-0.2, -0.15) is 0 Å². The number of fused-ring (bicyclic) bond motifs is 1. The van der Waals surface area contributed by atoms with Gasteiger partial charge in [0.25, 0.3) is 0 Å². The van der Waals surface area contributed by atoms with Crippen LogP contribution >= 0.6 is 15.9 Å². The highest BCUT2D eigenvalue weighted by Crippen LogP contribution is 2.34. The minimum atomic E-state index is -0.560. The summed E-state index contributed by atoms with van der Waals surface area (Å²) in [4.78, 5) is 11.5. The molecule has 0 aliphatic heterocycles. The Labute approximate surface area is 101 Å². The van der Waals surface area contributed by atoms with Gasteiger partial charge in [0, 0.05) is 9.86 Å². The van der Waals surface area contributed by atoms with Crippen molar-refractivity contribution in [1.82, 2.24) is 0 Å². The summed E-state index contributed by atoms with van der Waals surface area (Å²) in [6.07, 6.45) is 0. The molecule has 0 saturated heterocycles. The van der Waals surface area contributed by atoms with Crippen molar-refractivity contribution in [3.8, 4) is 5.75 Å². The Kier molecular flexibility index (Phi) is 2.83. The standard InChI is InChI=1S/C12H9BrO3/c1-16-12(15)10-9(13)6-7-4-2-3-5-8(7)11(10)14/h2-6,14H,1H3. The number of halogens is 1. The zero-order valence-corrected chi connectivity index (χ0v) is 10.1. The SMILES string of the molecule is COC(=O)c1c(Br)cc2ccccc2c1O. The Hall–Kier alpha value is -1.55. The number of rotatable bonds is 1. The van der Waals surface area contributed by atoms with E-state index in [9.17, 15) is 9.90 Å². The summed E-state index contributed by atoms with van der Waals surface area (Å²) >= 11 is 3.25. The molecule has 0 heterocycles. The normalized spacial score (nSPS) is 10.4. The van der Waals surface area contributed by atoms with E-state index in [0.717, 1.165) is 5.39 Å². The maximum atomic E-state index is 11.5. The van der Waals surface area contributed by atoms with Gasteiger partial charge in [0.15, 0.2) is 0 Å². The number of hydrogen-bond donors (Lipinski definition) is 1. The summed E-state index contributed by atoms with van der Waals surface area (Å²) < 4.78 is 5.14. The molecule has 0 spiro atoms. The van der Waals surface area contributed by atoms with Gasteiger partial charge in [-0.15, -0.1) is 0 Å². The van der Waals surface area contributed by atoms with Gasteiger partial charge in [-0.05, 0) is 27.4 Å². The highest BCUT2D eigenvalue weighted by Gasteiger charge is 2.18. The van der Waals surface area contributed by atoms with E-state index in [0.29, 0.717) is 9.86 Å². The van der Waals surface area contributed by atoms with Crippen LogP contribution < -0.4 is 0 Å². The maximum Gasteiger partial charge on any atom is 0.342 e. The Morgan fingerprint density at radius 1 is 1.38 bits per heavy atom. The lowest BCUT2D eigenvalue weighted by atomic mass is 10.1. The van der Waals surface area contributed by atoms with Crippen LogP contribution in [-0.4, -0.2) is 18.2 Å². The maximum absolute atomic E-state index is 11.5. The molecule has 1 N–H and O–H groups in total. The van der Waals surface area contributed by atoms with E-state index in [4.69, 9.17) is 0 Å². The van der Waals surface area contributed by atoms with E-state index in [1.54, 1.807) is 18.2 Å². The quantitative estimate of drug-likeness (QED) is 0.817. The molecule has 2 aromatic rings. The summed E-state index contributed by atoms with van der Waals surface area (Å²) in [6.45, 7) is 0. The Morgan fingerprint density at radius 2 is 2.06 bits per heavy atom. The molecule has 4 heteroatoms. The van der Waals surface area contributed by atoms with Gasteiger partial charge in [-0.1, -0.05) is 24.3 Å². The molecule has 0 aliphatic carbocycles. The van der Waals surface area contributed by atoms with Crippen molar-refractivity contribution in [2.75, 3.05) is 7.11 Å². The van der Waals surface area contributed by atoms with Crippen LogP contribution in [0.4, 0.5) is 0 Å². The monoisotopic (exact) mass is 280 g/mol. The molecule has 82 valence electrons. The third kappa shape index (κ3) is 1.65. The van der Waals surface area contributed by atoms with Crippen molar-refractivity contribution in [3.05, 3.63) is 40.4 Å². The smallest absolute Gasteiger partial charge is 0.342 e. The molecule has 0 aliphatic rings. The molecule has 0 bridgehead atoms. The highest BCUT2D eigenvalue weighted by molar-refractivity contribution is 9.10. The van der Waals surface area contributed by atoms with Crippen molar-refractivity contribution in [2.45, 2.75) is 0 Å². The minimum Gasteiger partial charge on any atom is -0.506 e. The van der Waals surface area contributed by atoms with Crippen LogP contribution in [0, 0.1) is 0 Å². The van der Waals surface area contributed by atoms with Crippen LogP contribution in [0.3, 0.4) is 0 Å². The van der Waals surface area contributed by atoms with E-state index < -0.39 is 5.97 Å². The summed E-state index contributed by atoms with van der Waals surface area (Å²) in [5, 5.41) is 11.5. The van der Waals surface area contributed by atoms with Crippen LogP contribution in [0.1, 0.15) is 10.4 Å². The van der Waals surface area contributed by atoms with E-state index in [1.165, 1.54) is 7.11 Å². The van der Waals surface area contributed by atoms with Gasteiger partial charge < -0.3 is 9.84 Å². The number of aromatic hydroxyl groups is 1. The summed E-state index contributed by atoms with van der Waals surface area (Å²) in [6, 6.07) is 9.06. The molecule has 2 rings (SSSR count). The Balaban J connectivity index is 2.80. The summed E-state index contributed by atoms with van der Waals surface area (Å²) in [5.74, 6) is -0.619. The molecule has 3 nitrogen and oxygen atoms in total. The van der Waals surface area contributed by atoms with E-state index >= 15 is 0 Å². The molecule has 0 saturated carbocycles. The molecule has 16 heavy (non-hydrogen) atoms. The van der Waals surface area contributed by atoms with Gasteiger partial charge in [0.05, 0.1) is 7.11 Å². The third-order valence-corrected chi connectivity index (χ3v) is 2.99. The second-order valence-electron chi connectivity index (χ2n) is 3.29. The molecule has 0 atom stereocenters. The number of carbonyl (C=O) groups excluding carboxylic acids is 1.